The number of aryl methyl sites for hydroxylation is 1. The molecule has 152 valence electrons. The SMILES string of the molecule is Cc1nn(Cc2ccccc2)c(C)c1CNC(=O)c1ccc(-c2noc(=O)[nH]2)cc1. The third-order valence-electron chi connectivity index (χ3n) is 4.99. The molecule has 0 bridgehead atoms. The maximum Gasteiger partial charge on any atom is 0.439 e. The molecule has 0 aliphatic rings. The molecular formula is C22H21N5O3. The molecule has 4 aromatic rings. The van der Waals surface area contributed by atoms with Gasteiger partial charge in [0.05, 0.1) is 12.2 Å². The number of hydrogen-bond donors (Lipinski definition) is 2. The molecule has 2 heterocycles. The molecule has 4 rings (SSSR count). The molecule has 0 unspecified atom stereocenters. The summed E-state index contributed by atoms with van der Waals surface area (Å²) in [5, 5.41) is 11.2. The van der Waals surface area contributed by atoms with Crippen molar-refractivity contribution in [2.24, 2.45) is 0 Å². The Labute approximate surface area is 172 Å². The maximum absolute atomic E-state index is 12.6. The van der Waals surface area contributed by atoms with E-state index in [0.717, 1.165) is 17.0 Å². The highest BCUT2D eigenvalue weighted by Crippen LogP contribution is 2.16. The molecule has 1 amide bonds. The van der Waals surface area contributed by atoms with Gasteiger partial charge in [-0.05, 0) is 31.5 Å². The van der Waals surface area contributed by atoms with Crippen LogP contribution in [0.15, 0.2) is 63.9 Å². The summed E-state index contributed by atoms with van der Waals surface area (Å²) in [6, 6.07) is 16.9. The Hall–Kier alpha value is -3.94. The van der Waals surface area contributed by atoms with E-state index in [4.69, 9.17) is 0 Å². The quantitative estimate of drug-likeness (QED) is 0.515. The Morgan fingerprint density at radius 3 is 2.50 bits per heavy atom. The van der Waals surface area contributed by atoms with Gasteiger partial charge in [0.1, 0.15) is 0 Å². The Morgan fingerprint density at radius 2 is 1.83 bits per heavy atom. The summed E-state index contributed by atoms with van der Waals surface area (Å²) in [5.74, 6) is -0.487. The number of H-pyrrole nitrogens is 1. The van der Waals surface area contributed by atoms with Crippen molar-refractivity contribution in [2.45, 2.75) is 26.9 Å². The fraction of sp³-hybridized carbons (Fsp3) is 0.182. The number of benzene rings is 2. The average molecular weight is 403 g/mol. The van der Waals surface area contributed by atoms with Gasteiger partial charge in [0, 0.05) is 28.9 Å². The lowest BCUT2D eigenvalue weighted by molar-refractivity contribution is 0.0951. The molecule has 0 fully saturated rings. The highest BCUT2D eigenvalue weighted by Gasteiger charge is 2.14. The monoisotopic (exact) mass is 403 g/mol. The van der Waals surface area contributed by atoms with Crippen molar-refractivity contribution < 1.29 is 9.32 Å². The summed E-state index contributed by atoms with van der Waals surface area (Å²) in [4.78, 5) is 26.1. The number of rotatable bonds is 6. The van der Waals surface area contributed by atoms with Crippen molar-refractivity contribution in [3.8, 4) is 11.4 Å². The summed E-state index contributed by atoms with van der Waals surface area (Å²) >= 11 is 0. The van der Waals surface area contributed by atoms with Crippen LogP contribution in [0.1, 0.15) is 32.9 Å². The third kappa shape index (κ3) is 4.07. The number of nitrogens with one attached hydrogen (secondary N) is 2. The lowest BCUT2D eigenvalue weighted by Gasteiger charge is -2.08. The van der Waals surface area contributed by atoms with Crippen LogP contribution < -0.4 is 11.1 Å². The second-order valence-corrected chi connectivity index (χ2v) is 7.00. The molecule has 0 radical (unpaired) electrons. The number of hydrogen-bond acceptors (Lipinski definition) is 5. The third-order valence-corrected chi connectivity index (χ3v) is 4.99. The molecule has 0 aliphatic carbocycles. The lowest BCUT2D eigenvalue weighted by Crippen LogP contribution is -2.23. The molecule has 0 saturated carbocycles. The van der Waals surface area contributed by atoms with E-state index < -0.39 is 5.76 Å². The highest BCUT2D eigenvalue weighted by atomic mass is 16.5. The van der Waals surface area contributed by atoms with Crippen LogP contribution in [0, 0.1) is 13.8 Å². The number of carbonyl (C=O) groups is 1. The normalized spacial score (nSPS) is 10.9. The Kier molecular flexibility index (Phi) is 5.30. The van der Waals surface area contributed by atoms with Crippen LogP contribution in [-0.4, -0.2) is 25.8 Å². The standard InChI is InChI=1S/C22H21N5O3/c1-14-19(15(2)27(25-14)13-16-6-4-3-5-7-16)12-23-21(28)18-10-8-17(9-11-18)20-24-22(29)30-26-20/h3-11H,12-13H2,1-2H3,(H,23,28)(H,24,26,29). The van der Waals surface area contributed by atoms with Crippen molar-refractivity contribution in [3.05, 3.63) is 93.2 Å². The topological polar surface area (TPSA) is 106 Å². The summed E-state index contributed by atoms with van der Waals surface area (Å²) in [7, 11) is 0. The first-order valence-electron chi connectivity index (χ1n) is 9.52. The number of aromatic amines is 1. The molecule has 2 aromatic heterocycles. The summed E-state index contributed by atoms with van der Waals surface area (Å²) in [6.07, 6.45) is 0. The van der Waals surface area contributed by atoms with E-state index in [0.29, 0.717) is 30.0 Å². The fourth-order valence-electron chi connectivity index (χ4n) is 3.30. The number of aromatic nitrogens is 4. The van der Waals surface area contributed by atoms with Gasteiger partial charge in [0.2, 0.25) is 0 Å². The maximum atomic E-state index is 12.6. The first kappa shape index (κ1) is 19.4. The summed E-state index contributed by atoms with van der Waals surface area (Å²) < 4.78 is 6.46. The largest absolute Gasteiger partial charge is 0.439 e. The molecule has 0 aliphatic heterocycles. The Morgan fingerprint density at radius 1 is 1.10 bits per heavy atom. The van der Waals surface area contributed by atoms with E-state index in [1.54, 1.807) is 24.3 Å². The second kappa shape index (κ2) is 8.20. The van der Waals surface area contributed by atoms with Gasteiger partial charge in [-0.15, -0.1) is 0 Å². The van der Waals surface area contributed by atoms with Crippen LogP contribution in [0.25, 0.3) is 11.4 Å². The predicted molar refractivity (Wildman–Crippen MR) is 111 cm³/mol. The van der Waals surface area contributed by atoms with E-state index in [9.17, 15) is 9.59 Å². The second-order valence-electron chi connectivity index (χ2n) is 7.00. The molecule has 2 N–H and O–H groups in total. The number of nitrogens with zero attached hydrogens (tertiary/aromatic N) is 3. The minimum absolute atomic E-state index is 0.190. The van der Waals surface area contributed by atoms with E-state index in [2.05, 4.69) is 37.2 Å². The van der Waals surface area contributed by atoms with Gasteiger partial charge >= 0.3 is 5.76 Å². The number of amides is 1. The summed E-state index contributed by atoms with van der Waals surface area (Å²) in [5.41, 5.74) is 5.28. The van der Waals surface area contributed by atoms with Gasteiger partial charge in [-0.3, -0.25) is 19.0 Å². The van der Waals surface area contributed by atoms with Gasteiger partial charge < -0.3 is 5.32 Å². The van der Waals surface area contributed by atoms with E-state index in [1.807, 2.05) is 36.7 Å². The lowest BCUT2D eigenvalue weighted by atomic mass is 10.1. The van der Waals surface area contributed by atoms with Crippen molar-refractivity contribution >= 4 is 5.91 Å². The van der Waals surface area contributed by atoms with E-state index in [1.165, 1.54) is 5.56 Å². The summed E-state index contributed by atoms with van der Waals surface area (Å²) in [6.45, 7) is 5.04. The highest BCUT2D eigenvalue weighted by molar-refractivity contribution is 5.94. The van der Waals surface area contributed by atoms with E-state index >= 15 is 0 Å². The minimum Gasteiger partial charge on any atom is -0.348 e. The average Bonchev–Trinajstić information content (AvgIpc) is 3.30. The zero-order valence-electron chi connectivity index (χ0n) is 16.7. The van der Waals surface area contributed by atoms with Crippen LogP contribution in [-0.2, 0) is 13.1 Å². The molecule has 0 atom stereocenters. The van der Waals surface area contributed by atoms with Gasteiger partial charge in [-0.1, -0.05) is 47.6 Å². The van der Waals surface area contributed by atoms with Gasteiger partial charge in [0.25, 0.3) is 5.91 Å². The first-order chi connectivity index (χ1) is 14.5. The van der Waals surface area contributed by atoms with Crippen LogP contribution in [0.3, 0.4) is 0 Å². The van der Waals surface area contributed by atoms with Crippen molar-refractivity contribution in [1.29, 1.82) is 0 Å². The first-order valence-corrected chi connectivity index (χ1v) is 9.52. The smallest absolute Gasteiger partial charge is 0.348 e. The van der Waals surface area contributed by atoms with Crippen LogP contribution >= 0.6 is 0 Å². The molecule has 30 heavy (non-hydrogen) atoms. The molecule has 8 heteroatoms. The van der Waals surface area contributed by atoms with Crippen molar-refractivity contribution in [1.82, 2.24) is 25.2 Å². The van der Waals surface area contributed by atoms with Gasteiger partial charge in [-0.25, -0.2) is 4.79 Å². The molecular weight excluding hydrogens is 382 g/mol. The zero-order chi connectivity index (χ0) is 21.1. The van der Waals surface area contributed by atoms with Crippen LogP contribution in [0.2, 0.25) is 0 Å². The van der Waals surface area contributed by atoms with Gasteiger partial charge in [-0.2, -0.15) is 5.10 Å². The fourth-order valence-corrected chi connectivity index (χ4v) is 3.30. The van der Waals surface area contributed by atoms with Crippen LogP contribution in [0.5, 0.6) is 0 Å². The molecule has 0 saturated heterocycles. The molecule has 8 nitrogen and oxygen atoms in total. The molecule has 0 spiro atoms. The predicted octanol–water partition coefficient (Wildman–Crippen LogP) is 2.82. The Balaban J connectivity index is 1.43. The van der Waals surface area contributed by atoms with E-state index in [-0.39, 0.29) is 5.91 Å². The van der Waals surface area contributed by atoms with Gasteiger partial charge in [0.15, 0.2) is 5.82 Å². The van der Waals surface area contributed by atoms with Crippen molar-refractivity contribution in [2.75, 3.05) is 0 Å². The van der Waals surface area contributed by atoms with Crippen LogP contribution in [0.4, 0.5) is 0 Å². The van der Waals surface area contributed by atoms with Crippen molar-refractivity contribution in [3.63, 3.8) is 0 Å². The Bertz CT molecular complexity index is 1220. The zero-order valence-corrected chi connectivity index (χ0v) is 16.7. The number of carbonyl (C=O) groups excluding carboxylic acids is 1. The molecule has 2 aromatic carbocycles. The minimum atomic E-state index is -0.620.